The molecule has 2 aliphatic carbocycles. The molecule has 0 amide bonds. The van der Waals surface area contributed by atoms with Crippen LogP contribution in [0.1, 0.15) is 32.1 Å². The number of rotatable bonds is 2. The second-order valence-corrected chi connectivity index (χ2v) is 4.39. The Labute approximate surface area is 79.3 Å². The topological polar surface area (TPSA) is 40.5 Å². The summed E-state index contributed by atoms with van der Waals surface area (Å²) < 4.78 is 0. The van der Waals surface area contributed by atoms with Gasteiger partial charge in [0.1, 0.15) is 0 Å². The summed E-state index contributed by atoms with van der Waals surface area (Å²) in [6.45, 7) is 0.210. The summed E-state index contributed by atoms with van der Waals surface area (Å²) in [6.07, 6.45) is 9.13. The van der Waals surface area contributed by atoms with Crippen molar-refractivity contribution in [2.75, 3.05) is 6.61 Å². The smallest absolute Gasteiger partial charge is 0.0637 e. The van der Waals surface area contributed by atoms with Gasteiger partial charge in [0.05, 0.1) is 6.10 Å². The Hall–Kier alpha value is -0.340. The van der Waals surface area contributed by atoms with Gasteiger partial charge in [0, 0.05) is 12.0 Å². The molecule has 0 aliphatic heterocycles. The van der Waals surface area contributed by atoms with Crippen LogP contribution in [-0.2, 0) is 0 Å². The molecule has 1 fully saturated rings. The van der Waals surface area contributed by atoms with Crippen LogP contribution >= 0.6 is 0 Å². The van der Waals surface area contributed by atoms with E-state index >= 15 is 0 Å². The molecule has 0 bridgehead atoms. The lowest BCUT2D eigenvalue weighted by Gasteiger charge is -2.40. The maximum absolute atomic E-state index is 10.00. The zero-order valence-electron chi connectivity index (χ0n) is 7.95. The molecule has 13 heavy (non-hydrogen) atoms. The summed E-state index contributed by atoms with van der Waals surface area (Å²) in [4.78, 5) is 0. The number of allylic oxidation sites excluding steroid dienone is 1. The third-order valence-corrected chi connectivity index (χ3v) is 3.86. The minimum Gasteiger partial charge on any atom is -0.396 e. The van der Waals surface area contributed by atoms with Crippen molar-refractivity contribution < 1.29 is 10.2 Å². The van der Waals surface area contributed by atoms with Gasteiger partial charge in [0.2, 0.25) is 0 Å². The van der Waals surface area contributed by atoms with E-state index in [2.05, 4.69) is 12.2 Å². The molecule has 2 rings (SSSR count). The first-order chi connectivity index (χ1) is 6.29. The van der Waals surface area contributed by atoms with Crippen LogP contribution < -0.4 is 0 Å². The lowest BCUT2D eigenvalue weighted by atomic mass is 9.67. The van der Waals surface area contributed by atoms with E-state index in [1.165, 1.54) is 12.8 Å². The SMILES string of the molecule is OCC[C@]12CCC[C@@H]1C=CC[C@@H]2O. The molecule has 2 aliphatic rings. The third-order valence-electron chi connectivity index (χ3n) is 3.86. The summed E-state index contributed by atoms with van der Waals surface area (Å²) in [5.41, 5.74) is 0.0174. The molecule has 0 spiro atoms. The lowest BCUT2D eigenvalue weighted by molar-refractivity contribution is -0.0141. The van der Waals surface area contributed by atoms with E-state index in [1.54, 1.807) is 0 Å². The van der Waals surface area contributed by atoms with Gasteiger partial charge in [-0.1, -0.05) is 18.6 Å². The highest BCUT2D eigenvalue weighted by atomic mass is 16.3. The summed E-state index contributed by atoms with van der Waals surface area (Å²) in [5.74, 6) is 0.517. The van der Waals surface area contributed by atoms with Crippen LogP contribution in [-0.4, -0.2) is 22.9 Å². The van der Waals surface area contributed by atoms with E-state index in [9.17, 15) is 5.11 Å². The minimum atomic E-state index is -0.225. The average molecular weight is 182 g/mol. The van der Waals surface area contributed by atoms with E-state index in [0.717, 1.165) is 19.3 Å². The maximum atomic E-state index is 10.00. The van der Waals surface area contributed by atoms with Gasteiger partial charge in [-0.15, -0.1) is 0 Å². The Morgan fingerprint density at radius 1 is 1.46 bits per heavy atom. The molecule has 74 valence electrons. The number of hydrogen-bond acceptors (Lipinski definition) is 2. The molecule has 2 N–H and O–H groups in total. The minimum absolute atomic E-state index is 0.0174. The van der Waals surface area contributed by atoms with Crippen LogP contribution in [0.5, 0.6) is 0 Å². The highest BCUT2D eigenvalue weighted by Gasteiger charge is 2.47. The normalized spacial score (nSPS) is 43.5. The molecular formula is C11H18O2. The maximum Gasteiger partial charge on any atom is 0.0637 e. The van der Waals surface area contributed by atoms with Crippen molar-refractivity contribution in [1.29, 1.82) is 0 Å². The first-order valence-electron chi connectivity index (χ1n) is 5.25. The second-order valence-electron chi connectivity index (χ2n) is 4.39. The van der Waals surface area contributed by atoms with Gasteiger partial charge in [0.15, 0.2) is 0 Å². The van der Waals surface area contributed by atoms with E-state index in [-0.39, 0.29) is 18.1 Å². The summed E-state index contributed by atoms with van der Waals surface area (Å²) in [5, 5.41) is 19.0. The first-order valence-corrected chi connectivity index (χ1v) is 5.25. The van der Waals surface area contributed by atoms with Crippen molar-refractivity contribution in [3.8, 4) is 0 Å². The number of hydrogen-bond donors (Lipinski definition) is 2. The van der Waals surface area contributed by atoms with Gasteiger partial charge < -0.3 is 10.2 Å². The fourth-order valence-electron chi connectivity index (χ4n) is 3.12. The molecule has 0 unspecified atom stereocenters. The fraction of sp³-hybridized carbons (Fsp3) is 0.818. The van der Waals surface area contributed by atoms with E-state index in [0.29, 0.717) is 5.92 Å². The van der Waals surface area contributed by atoms with Crippen molar-refractivity contribution in [2.45, 2.75) is 38.2 Å². The molecule has 2 heteroatoms. The zero-order chi connectivity index (χ0) is 9.31. The third kappa shape index (κ3) is 1.32. The summed E-state index contributed by atoms with van der Waals surface area (Å²) in [6, 6.07) is 0. The van der Waals surface area contributed by atoms with Crippen molar-refractivity contribution in [3.63, 3.8) is 0 Å². The summed E-state index contributed by atoms with van der Waals surface area (Å²) in [7, 11) is 0. The Morgan fingerprint density at radius 3 is 3.08 bits per heavy atom. The predicted molar refractivity (Wildman–Crippen MR) is 51.2 cm³/mol. The summed E-state index contributed by atoms with van der Waals surface area (Å²) >= 11 is 0. The molecule has 0 aromatic rings. The predicted octanol–water partition coefficient (Wildman–Crippen LogP) is 1.48. The Kier molecular flexibility index (Phi) is 2.43. The molecule has 0 aromatic carbocycles. The van der Waals surface area contributed by atoms with Crippen LogP contribution in [0.25, 0.3) is 0 Å². The zero-order valence-corrected chi connectivity index (χ0v) is 7.95. The quantitative estimate of drug-likeness (QED) is 0.635. The molecule has 0 radical (unpaired) electrons. The van der Waals surface area contributed by atoms with Crippen molar-refractivity contribution in [2.24, 2.45) is 11.3 Å². The van der Waals surface area contributed by atoms with Crippen molar-refractivity contribution in [1.82, 2.24) is 0 Å². The monoisotopic (exact) mass is 182 g/mol. The van der Waals surface area contributed by atoms with Crippen molar-refractivity contribution in [3.05, 3.63) is 12.2 Å². The van der Waals surface area contributed by atoms with Gasteiger partial charge >= 0.3 is 0 Å². The molecule has 0 aromatic heterocycles. The van der Waals surface area contributed by atoms with Gasteiger partial charge in [-0.25, -0.2) is 0 Å². The van der Waals surface area contributed by atoms with Crippen LogP contribution in [0.15, 0.2) is 12.2 Å². The Bertz CT molecular complexity index is 212. The van der Waals surface area contributed by atoms with Crippen LogP contribution in [0.4, 0.5) is 0 Å². The van der Waals surface area contributed by atoms with Crippen LogP contribution in [0.2, 0.25) is 0 Å². The number of fused-ring (bicyclic) bond motifs is 1. The Morgan fingerprint density at radius 2 is 2.31 bits per heavy atom. The molecular weight excluding hydrogens is 164 g/mol. The number of aliphatic hydroxyl groups is 2. The molecule has 0 saturated heterocycles. The number of aliphatic hydroxyl groups excluding tert-OH is 2. The van der Waals surface area contributed by atoms with E-state index in [4.69, 9.17) is 5.11 Å². The van der Waals surface area contributed by atoms with Crippen LogP contribution in [0.3, 0.4) is 0 Å². The Balaban J connectivity index is 2.23. The molecule has 0 heterocycles. The highest BCUT2D eigenvalue weighted by Crippen LogP contribution is 2.51. The van der Waals surface area contributed by atoms with Gasteiger partial charge in [-0.3, -0.25) is 0 Å². The second kappa shape index (κ2) is 3.43. The fourth-order valence-corrected chi connectivity index (χ4v) is 3.12. The lowest BCUT2D eigenvalue weighted by Crippen LogP contribution is -2.40. The van der Waals surface area contributed by atoms with Gasteiger partial charge in [-0.2, -0.15) is 0 Å². The largest absolute Gasteiger partial charge is 0.396 e. The van der Waals surface area contributed by atoms with Crippen LogP contribution in [0, 0.1) is 11.3 Å². The first kappa shape index (κ1) is 9.22. The van der Waals surface area contributed by atoms with Crippen molar-refractivity contribution >= 4 is 0 Å². The van der Waals surface area contributed by atoms with Gasteiger partial charge in [0.25, 0.3) is 0 Å². The molecule has 1 saturated carbocycles. The highest BCUT2D eigenvalue weighted by molar-refractivity contribution is 5.11. The molecule has 2 nitrogen and oxygen atoms in total. The van der Waals surface area contributed by atoms with Gasteiger partial charge in [-0.05, 0) is 31.6 Å². The standard InChI is InChI=1S/C11H18O2/c12-8-7-11-6-2-4-9(11)3-1-5-10(11)13/h1,3,9-10,12-13H,2,4-8H2/t9-,10-,11+/m0/s1. The molecule has 3 atom stereocenters. The van der Waals surface area contributed by atoms with E-state index in [1.807, 2.05) is 0 Å². The average Bonchev–Trinajstić information content (AvgIpc) is 2.51. The van der Waals surface area contributed by atoms with E-state index < -0.39 is 0 Å².